The summed E-state index contributed by atoms with van der Waals surface area (Å²) >= 11 is 0. The molecule has 0 N–H and O–H groups in total. The van der Waals surface area contributed by atoms with E-state index in [1.807, 2.05) is 0 Å². The SMILES string of the molecule is CC1C=Cc2c(-c3nc(-c4cccc(-c5ccccc5)c4)c4ccccc4n3)cc3oc4c(-n5c6ccccc6c6ccccc65)cccc4c3c2C1. The minimum Gasteiger partial charge on any atom is -0.454 e. The normalized spacial score (nSPS) is 14.2. The molecule has 4 heteroatoms. The largest absolute Gasteiger partial charge is 0.454 e. The van der Waals surface area contributed by atoms with E-state index >= 15 is 0 Å². The molecule has 0 fully saturated rings. The molecule has 0 radical (unpaired) electrons. The lowest BCUT2D eigenvalue weighted by Crippen LogP contribution is -2.06. The van der Waals surface area contributed by atoms with E-state index in [-0.39, 0.29) is 0 Å². The van der Waals surface area contributed by atoms with Gasteiger partial charge >= 0.3 is 0 Å². The molecular weight excluding hydrogens is 647 g/mol. The first-order chi connectivity index (χ1) is 26.2. The maximum atomic E-state index is 7.04. The maximum Gasteiger partial charge on any atom is 0.161 e. The van der Waals surface area contributed by atoms with E-state index in [9.17, 15) is 0 Å². The van der Waals surface area contributed by atoms with Crippen molar-refractivity contribution in [3.8, 4) is 39.5 Å². The van der Waals surface area contributed by atoms with Crippen molar-refractivity contribution >= 4 is 60.7 Å². The zero-order valence-corrected chi connectivity index (χ0v) is 29.1. The second-order valence-corrected chi connectivity index (χ2v) is 14.2. The Labute approximate surface area is 306 Å². The van der Waals surface area contributed by atoms with Gasteiger partial charge in [-0.05, 0) is 71.0 Å². The number of allylic oxidation sites excluding steroid dienone is 1. The average Bonchev–Trinajstić information content (AvgIpc) is 3.77. The monoisotopic (exact) mass is 679 g/mol. The molecule has 4 nitrogen and oxygen atoms in total. The van der Waals surface area contributed by atoms with Crippen LogP contribution < -0.4 is 0 Å². The molecule has 0 aliphatic heterocycles. The molecule has 1 aliphatic carbocycles. The van der Waals surface area contributed by atoms with Gasteiger partial charge in [0.05, 0.1) is 27.9 Å². The van der Waals surface area contributed by atoms with Gasteiger partial charge in [-0.1, -0.05) is 134 Å². The highest BCUT2D eigenvalue weighted by molar-refractivity contribution is 6.14. The number of furan rings is 1. The van der Waals surface area contributed by atoms with Gasteiger partial charge in [0.25, 0.3) is 0 Å². The zero-order valence-electron chi connectivity index (χ0n) is 29.1. The summed E-state index contributed by atoms with van der Waals surface area (Å²) < 4.78 is 9.39. The summed E-state index contributed by atoms with van der Waals surface area (Å²) in [7, 11) is 0. The quantitative estimate of drug-likeness (QED) is 0.186. The third kappa shape index (κ3) is 4.62. The topological polar surface area (TPSA) is 43.9 Å². The average molecular weight is 680 g/mol. The van der Waals surface area contributed by atoms with Crippen molar-refractivity contribution in [2.24, 2.45) is 5.92 Å². The molecule has 3 heterocycles. The van der Waals surface area contributed by atoms with Gasteiger partial charge in [0, 0.05) is 38.1 Å². The number of hydrogen-bond acceptors (Lipinski definition) is 3. The van der Waals surface area contributed by atoms with E-state index in [0.717, 1.165) is 73.0 Å². The minimum atomic E-state index is 0.389. The predicted molar refractivity (Wildman–Crippen MR) is 219 cm³/mol. The Bertz CT molecular complexity index is 3060. The van der Waals surface area contributed by atoms with Crippen LogP contribution in [0.25, 0.3) is 100 Å². The van der Waals surface area contributed by atoms with E-state index in [4.69, 9.17) is 14.4 Å². The molecule has 7 aromatic carbocycles. The van der Waals surface area contributed by atoms with Crippen LogP contribution in [0.15, 0.2) is 162 Å². The van der Waals surface area contributed by atoms with Crippen LogP contribution in [0, 0.1) is 5.92 Å². The van der Waals surface area contributed by atoms with Crippen LogP contribution in [0.5, 0.6) is 0 Å². The number of benzene rings is 7. The zero-order chi connectivity index (χ0) is 35.0. The fourth-order valence-electron chi connectivity index (χ4n) is 8.53. The van der Waals surface area contributed by atoms with Gasteiger partial charge in [-0.2, -0.15) is 0 Å². The molecule has 53 heavy (non-hydrogen) atoms. The Morgan fingerprint density at radius 3 is 2.08 bits per heavy atom. The number of rotatable bonds is 4. The third-order valence-corrected chi connectivity index (χ3v) is 10.9. The lowest BCUT2D eigenvalue weighted by molar-refractivity contribution is 0.665. The first kappa shape index (κ1) is 29.9. The van der Waals surface area contributed by atoms with Gasteiger partial charge in [-0.3, -0.25) is 0 Å². The van der Waals surface area contributed by atoms with Crippen molar-refractivity contribution in [1.29, 1.82) is 0 Å². The summed E-state index contributed by atoms with van der Waals surface area (Å²) in [5.41, 5.74) is 13.8. The third-order valence-electron chi connectivity index (χ3n) is 10.9. The van der Waals surface area contributed by atoms with Crippen LogP contribution in [-0.4, -0.2) is 14.5 Å². The Hall–Kier alpha value is -6.78. The number of nitrogens with zero attached hydrogens (tertiary/aromatic N) is 3. The van der Waals surface area contributed by atoms with E-state index in [2.05, 4.69) is 175 Å². The van der Waals surface area contributed by atoms with E-state index in [0.29, 0.717) is 11.7 Å². The summed E-state index contributed by atoms with van der Waals surface area (Å²) in [6, 6.07) is 53.5. The minimum absolute atomic E-state index is 0.389. The fourth-order valence-corrected chi connectivity index (χ4v) is 8.53. The number of para-hydroxylation sites is 4. The van der Waals surface area contributed by atoms with Crippen LogP contribution in [0.4, 0.5) is 0 Å². The van der Waals surface area contributed by atoms with Crippen molar-refractivity contribution in [1.82, 2.24) is 14.5 Å². The van der Waals surface area contributed by atoms with Gasteiger partial charge in [0.2, 0.25) is 0 Å². The van der Waals surface area contributed by atoms with E-state index in [1.165, 1.54) is 32.8 Å². The van der Waals surface area contributed by atoms with Gasteiger partial charge in [0.1, 0.15) is 5.58 Å². The van der Waals surface area contributed by atoms with Crippen molar-refractivity contribution in [3.63, 3.8) is 0 Å². The van der Waals surface area contributed by atoms with E-state index < -0.39 is 0 Å². The molecule has 250 valence electrons. The highest BCUT2D eigenvalue weighted by atomic mass is 16.3. The molecule has 1 unspecified atom stereocenters. The van der Waals surface area contributed by atoms with Crippen molar-refractivity contribution in [2.45, 2.75) is 13.3 Å². The molecule has 0 spiro atoms. The number of fused-ring (bicyclic) bond motifs is 9. The van der Waals surface area contributed by atoms with Crippen LogP contribution in [-0.2, 0) is 6.42 Å². The molecule has 0 saturated heterocycles. The van der Waals surface area contributed by atoms with Gasteiger partial charge in [-0.25, -0.2) is 9.97 Å². The molecule has 1 atom stereocenters. The second kappa shape index (κ2) is 11.6. The smallest absolute Gasteiger partial charge is 0.161 e. The van der Waals surface area contributed by atoms with Crippen LogP contribution in [0.1, 0.15) is 18.1 Å². The predicted octanol–water partition coefficient (Wildman–Crippen LogP) is 12.8. The summed E-state index contributed by atoms with van der Waals surface area (Å²) in [5.74, 6) is 1.09. The van der Waals surface area contributed by atoms with Crippen molar-refractivity contribution in [3.05, 3.63) is 169 Å². The molecule has 0 saturated carbocycles. The molecular formula is C49H33N3O. The Morgan fingerprint density at radius 2 is 1.26 bits per heavy atom. The molecule has 0 bridgehead atoms. The molecule has 10 aromatic rings. The molecule has 0 amide bonds. The van der Waals surface area contributed by atoms with Crippen molar-refractivity contribution in [2.75, 3.05) is 0 Å². The first-order valence-corrected chi connectivity index (χ1v) is 18.3. The summed E-state index contributed by atoms with van der Waals surface area (Å²) in [4.78, 5) is 10.6. The Morgan fingerprint density at radius 1 is 0.604 bits per heavy atom. The van der Waals surface area contributed by atoms with Crippen LogP contribution >= 0.6 is 0 Å². The molecule has 1 aliphatic rings. The standard InChI is InChI=1S/C49H33N3O/c1-30-25-26-34-39(27-30)46-38-20-12-24-44(52-42-22-9-6-17-35(42)36-18-7-10-23-43(36)52)48(38)53-45(46)29-40(34)49-50-41-21-8-5-19-37(41)47(51-49)33-16-11-15-32(28-33)31-13-3-2-4-14-31/h2-26,28-30H,27H2,1H3. The molecule has 11 rings (SSSR count). The number of hydrogen-bond donors (Lipinski definition) is 0. The van der Waals surface area contributed by atoms with Gasteiger partial charge in [-0.15, -0.1) is 0 Å². The maximum absolute atomic E-state index is 7.04. The highest BCUT2D eigenvalue weighted by Gasteiger charge is 2.26. The highest BCUT2D eigenvalue weighted by Crippen LogP contribution is 2.44. The molecule has 3 aromatic heterocycles. The summed E-state index contributed by atoms with van der Waals surface area (Å²) in [6.45, 7) is 2.29. The fraction of sp³-hybridized carbons (Fsp3) is 0.0612. The summed E-state index contributed by atoms with van der Waals surface area (Å²) in [5, 5.41) is 5.79. The van der Waals surface area contributed by atoms with Crippen LogP contribution in [0.2, 0.25) is 0 Å². The lowest BCUT2D eigenvalue weighted by Gasteiger charge is -2.20. The van der Waals surface area contributed by atoms with Gasteiger partial charge < -0.3 is 8.98 Å². The van der Waals surface area contributed by atoms with Crippen LogP contribution in [0.3, 0.4) is 0 Å². The first-order valence-electron chi connectivity index (χ1n) is 18.3. The lowest BCUT2D eigenvalue weighted by atomic mass is 9.85. The van der Waals surface area contributed by atoms with Gasteiger partial charge in [0.15, 0.2) is 11.4 Å². The number of aromatic nitrogens is 3. The summed E-state index contributed by atoms with van der Waals surface area (Å²) in [6.07, 6.45) is 5.50. The Kier molecular flexibility index (Phi) is 6.56. The van der Waals surface area contributed by atoms with E-state index in [1.54, 1.807) is 0 Å². The Balaban J connectivity index is 1.17. The van der Waals surface area contributed by atoms with Crippen molar-refractivity contribution < 1.29 is 4.42 Å². The second-order valence-electron chi connectivity index (χ2n) is 14.2.